The molecule has 1 saturated carbocycles. The number of halogens is 1. The van der Waals surface area contributed by atoms with Crippen LogP contribution in [0, 0.1) is 0 Å². The lowest BCUT2D eigenvalue weighted by Crippen LogP contribution is -2.12. The first-order valence-corrected chi connectivity index (χ1v) is 5.09. The molecule has 0 unspecified atom stereocenters. The minimum absolute atomic E-state index is 0.422. The topological polar surface area (TPSA) is 43.1 Å². The van der Waals surface area contributed by atoms with Gasteiger partial charge < -0.3 is 0 Å². The van der Waals surface area contributed by atoms with Crippen LogP contribution in [0.2, 0.25) is 5.15 Å². The number of hydrogen-bond acceptors (Lipinski definition) is 3. The van der Waals surface area contributed by atoms with E-state index in [1.54, 1.807) is 6.20 Å². The molecule has 0 N–H and O–H groups in total. The van der Waals surface area contributed by atoms with E-state index in [2.05, 4.69) is 15.2 Å². The SMILES string of the molecule is Clc1nccn2c(C3CCC3)nnc12. The second-order valence-electron chi connectivity index (χ2n) is 3.60. The van der Waals surface area contributed by atoms with E-state index in [0.717, 1.165) is 5.82 Å². The monoisotopic (exact) mass is 208 g/mol. The van der Waals surface area contributed by atoms with Gasteiger partial charge in [0.25, 0.3) is 0 Å². The van der Waals surface area contributed by atoms with Crippen LogP contribution >= 0.6 is 11.6 Å². The van der Waals surface area contributed by atoms with E-state index in [9.17, 15) is 0 Å². The lowest BCUT2D eigenvalue weighted by atomic mass is 9.85. The molecule has 2 aromatic heterocycles. The zero-order valence-corrected chi connectivity index (χ0v) is 8.28. The molecular formula is C9H9ClN4. The maximum absolute atomic E-state index is 5.90. The number of hydrogen-bond donors (Lipinski definition) is 0. The molecule has 1 aliphatic rings. The standard InChI is InChI=1S/C9H9ClN4/c10-7-9-13-12-8(6-2-1-3-6)14(9)5-4-11-7/h4-6H,1-3H2. The van der Waals surface area contributed by atoms with Gasteiger partial charge in [-0.25, -0.2) is 4.98 Å². The zero-order chi connectivity index (χ0) is 9.54. The van der Waals surface area contributed by atoms with Crippen LogP contribution < -0.4 is 0 Å². The largest absolute Gasteiger partial charge is 0.282 e. The van der Waals surface area contributed by atoms with Crippen molar-refractivity contribution in [1.29, 1.82) is 0 Å². The molecule has 2 heterocycles. The van der Waals surface area contributed by atoms with E-state index < -0.39 is 0 Å². The summed E-state index contributed by atoms with van der Waals surface area (Å²) in [5.74, 6) is 1.58. The molecule has 0 spiro atoms. The van der Waals surface area contributed by atoms with E-state index in [1.807, 2.05) is 10.6 Å². The molecule has 4 nitrogen and oxygen atoms in total. The Hall–Kier alpha value is -1.16. The van der Waals surface area contributed by atoms with Crippen LogP contribution in [0.5, 0.6) is 0 Å². The summed E-state index contributed by atoms with van der Waals surface area (Å²) in [5, 5.41) is 8.63. The van der Waals surface area contributed by atoms with Crippen molar-refractivity contribution in [1.82, 2.24) is 19.6 Å². The summed E-state index contributed by atoms with van der Waals surface area (Å²) in [4.78, 5) is 3.97. The van der Waals surface area contributed by atoms with Gasteiger partial charge in [-0.3, -0.25) is 4.40 Å². The van der Waals surface area contributed by atoms with Crippen molar-refractivity contribution in [3.05, 3.63) is 23.4 Å². The Morgan fingerprint density at radius 2 is 2.21 bits per heavy atom. The summed E-state index contributed by atoms with van der Waals surface area (Å²) >= 11 is 5.90. The Morgan fingerprint density at radius 1 is 1.36 bits per heavy atom. The molecule has 14 heavy (non-hydrogen) atoms. The van der Waals surface area contributed by atoms with Crippen molar-refractivity contribution in [2.45, 2.75) is 25.2 Å². The first kappa shape index (κ1) is 8.17. The molecule has 0 aliphatic heterocycles. The minimum atomic E-state index is 0.422. The molecule has 5 heteroatoms. The average Bonchev–Trinajstić information content (AvgIpc) is 2.48. The highest BCUT2D eigenvalue weighted by Gasteiger charge is 2.24. The highest BCUT2D eigenvalue weighted by atomic mass is 35.5. The Balaban J connectivity index is 2.20. The Kier molecular flexibility index (Phi) is 1.70. The fourth-order valence-corrected chi connectivity index (χ4v) is 1.94. The molecule has 3 rings (SSSR count). The Labute approximate surface area is 85.9 Å². The van der Waals surface area contributed by atoms with Crippen molar-refractivity contribution in [3.63, 3.8) is 0 Å². The molecule has 0 bridgehead atoms. The predicted molar refractivity (Wildman–Crippen MR) is 52.4 cm³/mol. The summed E-state index contributed by atoms with van der Waals surface area (Å²) in [7, 11) is 0. The summed E-state index contributed by atoms with van der Waals surface area (Å²) in [5.41, 5.74) is 0.663. The zero-order valence-electron chi connectivity index (χ0n) is 7.52. The van der Waals surface area contributed by atoms with Gasteiger partial charge in [0.15, 0.2) is 10.8 Å². The van der Waals surface area contributed by atoms with E-state index in [1.165, 1.54) is 19.3 Å². The molecule has 0 aromatic carbocycles. The Morgan fingerprint density at radius 3 is 2.93 bits per heavy atom. The highest BCUT2D eigenvalue weighted by Crippen LogP contribution is 2.35. The molecule has 0 amide bonds. The maximum atomic E-state index is 5.90. The van der Waals surface area contributed by atoms with Gasteiger partial charge >= 0.3 is 0 Å². The first-order valence-electron chi connectivity index (χ1n) is 4.71. The molecule has 0 saturated heterocycles. The lowest BCUT2D eigenvalue weighted by molar-refractivity contribution is 0.399. The van der Waals surface area contributed by atoms with Gasteiger partial charge in [-0.2, -0.15) is 0 Å². The van der Waals surface area contributed by atoms with Crippen LogP contribution in [-0.4, -0.2) is 19.6 Å². The number of fused-ring (bicyclic) bond motifs is 1. The predicted octanol–water partition coefficient (Wildman–Crippen LogP) is 2.05. The Bertz CT molecular complexity index is 475. The van der Waals surface area contributed by atoms with Crippen molar-refractivity contribution in [2.75, 3.05) is 0 Å². The fraction of sp³-hybridized carbons (Fsp3) is 0.444. The fourth-order valence-electron chi connectivity index (χ4n) is 1.76. The van der Waals surface area contributed by atoms with Crippen LogP contribution in [0.1, 0.15) is 31.0 Å². The van der Waals surface area contributed by atoms with E-state index in [-0.39, 0.29) is 0 Å². The van der Waals surface area contributed by atoms with Gasteiger partial charge in [-0.15, -0.1) is 10.2 Å². The van der Waals surface area contributed by atoms with Crippen LogP contribution in [0.15, 0.2) is 12.4 Å². The van der Waals surface area contributed by atoms with Crippen molar-refractivity contribution in [3.8, 4) is 0 Å². The van der Waals surface area contributed by atoms with Crippen molar-refractivity contribution in [2.24, 2.45) is 0 Å². The van der Waals surface area contributed by atoms with Gasteiger partial charge in [0.1, 0.15) is 5.82 Å². The summed E-state index contributed by atoms with van der Waals surface area (Å²) < 4.78 is 1.94. The third kappa shape index (κ3) is 1.04. The maximum Gasteiger partial charge on any atom is 0.198 e. The quantitative estimate of drug-likeness (QED) is 0.721. The second-order valence-corrected chi connectivity index (χ2v) is 3.96. The van der Waals surface area contributed by atoms with Crippen LogP contribution in [-0.2, 0) is 0 Å². The van der Waals surface area contributed by atoms with Crippen LogP contribution in [0.25, 0.3) is 5.65 Å². The van der Waals surface area contributed by atoms with E-state index in [0.29, 0.717) is 16.7 Å². The lowest BCUT2D eigenvalue weighted by Gasteiger charge is -2.23. The van der Waals surface area contributed by atoms with E-state index in [4.69, 9.17) is 11.6 Å². The van der Waals surface area contributed by atoms with Gasteiger partial charge in [0.2, 0.25) is 0 Å². The minimum Gasteiger partial charge on any atom is -0.282 e. The van der Waals surface area contributed by atoms with Crippen LogP contribution in [0.3, 0.4) is 0 Å². The van der Waals surface area contributed by atoms with Crippen molar-refractivity contribution < 1.29 is 0 Å². The first-order chi connectivity index (χ1) is 6.86. The van der Waals surface area contributed by atoms with Gasteiger partial charge in [0.05, 0.1) is 0 Å². The molecule has 0 atom stereocenters. The second kappa shape index (κ2) is 2.92. The van der Waals surface area contributed by atoms with E-state index >= 15 is 0 Å². The number of rotatable bonds is 1. The van der Waals surface area contributed by atoms with Crippen molar-refractivity contribution >= 4 is 17.2 Å². The smallest absolute Gasteiger partial charge is 0.198 e. The molecule has 2 aromatic rings. The van der Waals surface area contributed by atoms with Crippen LogP contribution in [0.4, 0.5) is 0 Å². The van der Waals surface area contributed by atoms with Gasteiger partial charge in [-0.1, -0.05) is 18.0 Å². The number of nitrogens with zero attached hydrogens (tertiary/aromatic N) is 4. The molecule has 1 fully saturated rings. The summed E-state index contributed by atoms with van der Waals surface area (Å²) in [6.45, 7) is 0. The highest BCUT2D eigenvalue weighted by molar-refractivity contribution is 6.32. The summed E-state index contributed by atoms with van der Waals surface area (Å²) in [6, 6.07) is 0. The molecule has 1 aliphatic carbocycles. The molecular weight excluding hydrogens is 200 g/mol. The normalized spacial score (nSPS) is 17.2. The third-order valence-corrected chi connectivity index (χ3v) is 3.05. The van der Waals surface area contributed by atoms with Gasteiger partial charge in [0, 0.05) is 18.3 Å². The van der Waals surface area contributed by atoms with Gasteiger partial charge in [-0.05, 0) is 12.8 Å². The number of aromatic nitrogens is 4. The average molecular weight is 209 g/mol. The summed E-state index contributed by atoms with van der Waals surface area (Å²) in [6.07, 6.45) is 7.26. The third-order valence-electron chi connectivity index (χ3n) is 2.78. The molecule has 0 radical (unpaired) electrons. The molecule has 72 valence electrons.